The highest BCUT2D eigenvalue weighted by Crippen LogP contribution is 2.27. The van der Waals surface area contributed by atoms with Gasteiger partial charge in [-0.2, -0.15) is 0 Å². The van der Waals surface area contributed by atoms with E-state index in [0.717, 1.165) is 18.8 Å². The predicted molar refractivity (Wildman–Crippen MR) is 121 cm³/mol. The maximum atomic E-state index is 6.39. The van der Waals surface area contributed by atoms with Gasteiger partial charge in [0.1, 0.15) is 11.9 Å². The molecule has 0 radical (unpaired) electrons. The van der Waals surface area contributed by atoms with Crippen LogP contribution < -0.4 is 4.74 Å². The zero-order valence-electron chi connectivity index (χ0n) is 18.1. The number of rotatable bonds is 16. The van der Waals surface area contributed by atoms with E-state index in [0.29, 0.717) is 6.61 Å². The Morgan fingerprint density at radius 2 is 1.36 bits per heavy atom. The maximum absolute atomic E-state index is 6.39. The Hall–Kier alpha value is -1.54. The van der Waals surface area contributed by atoms with Gasteiger partial charge in [-0.15, -0.1) is 0 Å². The van der Waals surface area contributed by atoms with E-state index in [1.165, 1.54) is 75.0 Å². The summed E-state index contributed by atoms with van der Waals surface area (Å²) in [7, 11) is 0. The minimum Gasteiger partial charge on any atom is -0.487 e. The second-order valence-electron chi connectivity index (χ2n) is 7.85. The molecule has 2 nitrogen and oxygen atoms in total. The molecule has 0 saturated carbocycles. The van der Waals surface area contributed by atoms with Crippen molar-refractivity contribution >= 4 is 10.8 Å². The van der Waals surface area contributed by atoms with Gasteiger partial charge in [-0.25, -0.2) is 0 Å². The molecule has 0 heterocycles. The first-order valence-corrected chi connectivity index (χ1v) is 11.6. The molecule has 0 bridgehead atoms. The van der Waals surface area contributed by atoms with Crippen LogP contribution in [0.4, 0.5) is 0 Å². The van der Waals surface area contributed by atoms with Crippen molar-refractivity contribution in [2.75, 3.05) is 13.2 Å². The van der Waals surface area contributed by atoms with Crippen molar-refractivity contribution in [3.63, 3.8) is 0 Å². The quantitative estimate of drug-likeness (QED) is 0.273. The lowest BCUT2D eigenvalue weighted by atomic mass is 10.0. The highest BCUT2D eigenvalue weighted by atomic mass is 16.5. The van der Waals surface area contributed by atoms with Crippen LogP contribution in [0.5, 0.6) is 5.75 Å². The van der Waals surface area contributed by atoms with Gasteiger partial charge in [-0.05, 0) is 31.2 Å². The van der Waals surface area contributed by atoms with Crippen molar-refractivity contribution < 1.29 is 9.47 Å². The minimum atomic E-state index is 0.139. The number of hydrogen-bond donors (Lipinski definition) is 0. The van der Waals surface area contributed by atoms with E-state index in [9.17, 15) is 0 Å². The Morgan fingerprint density at radius 1 is 0.714 bits per heavy atom. The van der Waals surface area contributed by atoms with E-state index in [1.54, 1.807) is 0 Å². The molecule has 0 aliphatic carbocycles. The molecule has 0 spiro atoms. The predicted octanol–water partition coefficient (Wildman–Crippen LogP) is 7.93. The standard InChI is InChI=1S/C26H40O2/c1-3-5-6-7-8-9-10-11-12-13-19-24(22-27-4-2)28-26-21-16-18-23-17-14-15-20-25(23)26/h14-18,20-21,24H,3-13,19,22H2,1-2H3. The molecule has 2 aromatic rings. The molecule has 2 aromatic carbocycles. The highest BCUT2D eigenvalue weighted by Gasteiger charge is 2.12. The lowest BCUT2D eigenvalue weighted by Crippen LogP contribution is -2.23. The van der Waals surface area contributed by atoms with Gasteiger partial charge in [0.2, 0.25) is 0 Å². The first kappa shape index (κ1) is 22.7. The number of ether oxygens (including phenoxy) is 2. The Kier molecular flexibility index (Phi) is 11.7. The largest absolute Gasteiger partial charge is 0.487 e. The second kappa shape index (κ2) is 14.5. The number of hydrogen-bond acceptors (Lipinski definition) is 2. The molecule has 28 heavy (non-hydrogen) atoms. The molecule has 0 aliphatic heterocycles. The third-order valence-electron chi connectivity index (χ3n) is 5.43. The highest BCUT2D eigenvalue weighted by molar-refractivity contribution is 5.88. The van der Waals surface area contributed by atoms with Crippen LogP contribution >= 0.6 is 0 Å². The normalized spacial score (nSPS) is 12.4. The van der Waals surface area contributed by atoms with Gasteiger partial charge in [0, 0.05) is 12.0 Å². The van der Waals surface area contributed by atoms with Crippen LogP contribution in [0.15, 0.2) is 42.5 Å². The zero-order chi connectivity index (χ0) is 19.9. The number of benzene rings is 2. The molecule has 0 fully saturated rings. The molecule has 1 unspecified atom stereocenters. The van der Waals surface area contributed by atoms with Crippen LogP contribution in [0.25, 0.3) is 10.8 Å². The maximum Gasteiger partial charge on any atom is 0.127 e. The molecule has 0 aliphatic rings. The Balaban J connectivity index is 1.71. The number of unbranched alkanes of at least 4 members (excludes halogenated alkanes) is 9. The van der Waals surface area contributed by atoms with Gasteiger partial charge in [0.15, 0.2) is 0 Å². The fourth-order valence-corrected chi connectivity index (χ4v) is 3.76. The zero-order valence-corrected chi connectivity index (χ0v) is 18.1. The topological polar surface area (TPSA) is 18.5 Å². The van der Waals surface area contributed by atoms with Crippen molar-refractivity contribution in [3.8, 4) is 5.75 Å². The average molecular weight is 385 g/mol. The van der Waals surface area contributed by atoms with Crippen molar-refractivity contribution in [2.45, 2.75) is 90.6 Å². The molecule has 1 atom stereocenters. The van der Waals surface area contributed by atoms with Gasteiger partial charge < -0.3 is 9.47 Å². The molecule has 2 rings (SSSR count). The average Bonchev–Trinajstić information content (AvgIpc) is 2.73. The van der Waals surface area contributed by atoms with Crippen LogP contribution in [0.3, 0.4) is 0 Å². The first-order chi connectivity index (χ1) is 13.8. The molecule has 0 aromatic heterocycles. The molecule has 0 N–H and O–H groups in total. The van der Waals surface area contributed by atoms with Crippen molar-refractivity contribution in [2.24, 2.45) is 0 Å². The van der Waals surface area contributed by atoms with E-state index in [2.05, 4.69) is 56.3 Å². The summed E-state index contributed by atoms with van der Waals surface area (Å²) in [6.45, 7) is 5.75. The third-order valence-corrected chi connectivity index (χ3v) is 5.43. The van der Waals surface area contributed by atoms with E-state index >= 15 is 0 Å². The van der Waals surface area contributed by atoms with Gasteiger partial charge in [0.05, 0.1) is 6.61 Å². The van der Waals surface area contributed by atoms with Crippen molar-refractivity contribution in [3.05, 3.63) is 42.5 Å². The van der Waals surface area contributed by atoms with E-state index in [1.807, 2.05) is 0 Å². The van der Waals surface area contributed by atoms with Crippen molar-refractivity contribution in [1.82, 2.24) is 0 Å². The Labute approximate surface area is 172 Å². The molecule has 156 valence electrons. The summed E-state index contributed by atoms with van der Waals surface area (Å²) >= 11 is 0. The fourth-order valence-electron chi connectivity index (χ4n) is 3.76. The van der Waals surface area contributed by atoms with Crippen molar-refractivity contribution in [1.29, 1.82) is 0 Å². The monoisotopic (exact) mass is 384 g/mol. The van der Waals surface area contributed by atoms with Crippen LogP contribution in [-0.4, -0.2) is 19.3 Å². The summed E-state index contributed by atoms with van der Waals surface area (Å²) < 4.78 is 12.1. The van der Waals surface area contributed by atoms with E-state index in [4.69, 9.17) is 9.47 Å². The smallest absolute Gasteiger partial charge is 0.127 e. The van der Waals surface area contributed by atoms with Gasteiger partial charge >= 0.3 is 0 Å². The van der Waals surface area contributed by atoms with Gasteiger partial charge in [0.25, 0.3) is 0 Å². The van der Waals surface area contributed by atoms with Crippen LogP contribution in [0.2, 0.25) is 0 Å². The van der Waals surface area contributed by atoms with E-state index in [-0.39, 0.29) is 6.10 Å². The molecular formula is C26H40O2. The summed E-state index contributed by atoms with van der Waals surface area (Å²) in [5.41, 5.74) is 0. The Bertz CT molecular complexity index is 632. The lowest BCUT2D eigenvalue weighted by Gasteiger charge is -2.20. The molecule has 2 heteroatoms. The molecule has 0 amide bonds. The van der Waals surface area contributed by atoms with E-state index < -0.39 is 0 Å². The van der Waals surface area contributed by atoms with Crippen LogP contribution in [0, 0.1) is 0 Å². The third kappa shape index (κ3) is 8.65. The molecule has 0 saturated heterocycles. The van der Waals surface area contributed by atoms with Crippen LogP contribution in [0.1, 0.15) is 84.5 Å². The summed E-state index contributed by atoms with van der Waals surface area (Å²) in [5, 5.41) is 2.42. The summed E-state index contributed by atoms with van der Waals surface area (Å²) in [4.78, 5) is 0. The second-order valence-corrected chi connectivity index (χ2v) is 7.85. The van der Waals surface area contributed by atoms with Gasteiger partial charge in [-0.3, -0.25) is 0 Å². The summed E-state index contributed by atoms with van der Waals surface area (Å²) in [6, 6.07) is 14.7. The van der Waals surface area contributed by atoms with Crippen LogP contribution in [-0.2, 0) is 4.74 Å². The lowest BCUT2D eigenvalue weighted by molar-refractivity contribution is 0.0517. The first-order valence-electron chi connectivity index (χ1n) is 11.6. The summed E-state index contributed by atoms with van der Waals surface area (Å²) in [6.07, 6.45) is 14.9. The molecular weight excluding hydrogens is 344 g/mol. The van der Waals surface area contributed by atoms with Gasteiger partial charge in [-0.1, -0.05) is 101 Å². The fraction of sp³-hybridized carbons (Fsp3) is 0.615. The SMILES string of the molecule is CCCCCCCCCCCCC(COCC)Oc1cccc2ccccc12. The number of fused-ring (bicyclic) bond motifs is 1. The minimum absolute atomic E-state index is 0.139. The Morgan fingerprint density at radius 3 is 2.07 bits per heavy atom. The summed E-state index contributed by atoms with van der Waals surface area (Å²) in [5.74, 6) is 0.981.